The van der Waals surface area contributed by atoms with E-state index in [0.29, 0.717) is 19.0 Å². The van der Waals surface area contributed by atoms with Crippen LogP contribution in [-0.4, -0.2) is 36.3 Å². The SMILES string of the molecule is CC1CCCN(C(=O)C2CC(=O)N(c3cc(C(F)(F)F)ccc3Cl)C2)C1. The number of nitrogens with zero attached hydrogens (tertiary/aromatic N) is 2. The first-order chi connectivity index (χ1) is 12.2. The van der Waals surface area contributed by atoms with Crippen LogP contribution >= 0.6 is 11.6 Å². The maximum atomic E-state index is 13.0. The molecule has 4 nitrogen and oxygen atoms in total. The first-order valence-electron chi connectivity index (χ1n) is 8.62. The molecule has 0 aliphatic carbocycles. The third-order valence-electron chi connectivity index (χ3n) is 5.01. The van der Waals surface area contributed by atoms with Gasteiger partial charge in [-0.25, -0.2) is 0 Å². The van der Waals surface area contributed by atoms with Crippen molar-refractivity contribution in [3.8, 4) is 0 Å². The minimum Gasteiger partial charge on any atom is -0.342 e. The van der Waals surface area contributed by atoms with E-state index in [0.717, 1.165) is 31.0 Å². The van der Waals surface area contributed by atoms with Gasteiger partial charge in [0.15, 0.2) is 0 Å². The van der Waals surface area contributed by atoms with E-state index in [-0.39, 0.29) is 35.5 Å². The molecule has 2 fully saturated rings. The second-order valence-electron chi connectivity index (χ2n) is 7.10. The number of amides is 2. The summed E-state index contributed by atoms with van der Waals surface area (Å²) < 4.78 is 38.9. The number of halogens is 4. The van der Waals surface area contributed by atoms with Gasteiger partial charge in [0, 0.05) is 26.1 Å². The summed E-state index contributed by atoms with van der Waals surface area (Å²) in [6.07, 6.45) is -2.53. The Morgan fingerprint density at radius 2 is 2.00 bits per heavy atom. The van der Waals surface area contributed by atoms with Crippen molar-refractivity contribution in [3.63, 3.8) is 0 Å². The van der Waals surface area contributed by atoms with Crippen LogP contribution in [0, 0.1) is 11.8 Å². The Kier molecular flexibility index (Phi) is 5.19. The number of piperidine rings is 1. The van der Waals surface area contributed by atoms with E-state index in [1.54, 1.807) is 4.90 Å². The summed E-state index contributed by atoms with van der Waals surface area (Å²) in [6, 6.07) is 2.88. The van der Waals surface area contributed by atoms with Crippen molar-refractivity contribution in [2.45, 2.75) is 32.4 Å². The van der Waals surface area contributed by atoms with Gasteiger partial charge in [-0.2, -0.15) is 13.2 Å². The lowest BCUT2D eigenvalue weighted by molar-refractivity contribution is -0.138. The molecule has 0 spiro atoms. The fourth-order valence-corrected chi connectivity index (χ4v) is 3.87. The van der Waals surface area contributed by atoms with Gasteiger partial charge in [0.2, 0.25) is 11.8 Å². The molecular weight excluding hydrogens is 369 g/mol. The zero-order chi connectivity index (χ0) is 19.1. The van der Waals surface area contributed by atoms with E-state index in [2.05, 4.69) is 6.92 Å². The second-order valence-corrected chi connectivity index (χ2v) is 7.51. The number of hydrogen-bond donors (Lipinski definition) is 0. The molecule has 0 N–H and O–H groups in total. The summed E-state index contributed by atoms with van der Waals surface area (Å²) in [5.74, 6) is -0.609. The van der Waals surface area contributed by atoms with Crippen molar-refractivity contribution in [1.82, 2.24) is 4.90 Å². The molecule has 8 heteroatoms. The Hall–Kier alpha value is -1.76. The molecule has 2 aliphatic rings. The number of carbonyl (C=O) groups excluding carboxylic acids is 2. The van der Waals surface area contributed by atoms with Crippen LogP contribution in [-0.2, 0) is 15.8 Å². The predicted octanol–water partition coefficient (Wildman–Crippen LogP) is 3.97. The fraction of sp³-hybridized carbons (Fsp3) is 0.556. The first kappa shape index (κ1) is 19.0. The number of alkyl halides is 3. The summed E-state index contributed by atoms with van der Waals surface area (Å²) in [6.45, 7) is 3.46. The minimum absolute atomic E-state index is 0.00368. The van der Waals surface area contributed by atoms with Crippen LogP contribution in [0.2, 0.25) is 5.02 Å². The molecule has 1 aromatic rings. The van der Waals surface area contributed by atoms with Crippen LogP contribution in [0.1, 0.15) is 31.7 Å². The van der Waals surface area contributed by atoms with Crippen LogP contribution in [0.15, 0.2) is 18.2 Å². The zero-order valence-corrected chi connectivity index (χ0v) is 15.1. The molecule has 2 heterocycles. The summed E-state index contributed by atoms with van der Waals surface area (Å²) in [7, 11) is 0. The Labute approximate surface area is 154 Å². The Balaban J connectivity index is 1.79. The van der Waals surface area contributed by atoms with Crippen molar-refractivity contribution >= 4 is 29.1 Å². The highest BCUT2D eigenvalue weighted by Crippen LogP contribution is 2.37. The molecule has 0 bridgehead atoms. The normalized spacial score (nSPS) is 24.3. The molecule has 26 heavy (non-hydrogen) atoms. The summed E-state index contributed by atoms with van der Waals surface area (Å²) >= 11 is 6.03. The largest absolute Gasteiger partial charge is 0.416 e. The summed E-state index contributed by atoms with van der Waals surface area (Å²) in [5.41, 5.74) is -0.863. The number of anilines is 1. The van der Waals surface area contributed by atoms with Crippen molar-refractivity contribution in [3.05, 3.63) is 28.8 Å². The van der Waals surface area contributed by atoms with Crippen molar-refractivity contribution in [2.75, 3.05) is 24.5 Å². The Bertz CT molecular complexity index is 723. The van der Waals surface area contributed by atoms with Crippen molar-refractivity contribution < 1.29 is 22.8 Å². The van der Waals surface area contributed by atoms with Gasteiger partial charge in [-0.3, -0.25) is 9.59 Å². The lowest BCUT2D eigenvalue weighted by atomic mass is 9.98. The molecule has 2 atom stereocenters. The Morgan fingerprint density at radius 3 is 2.65 bits per heavy atom. The highest BCUT2D eigenvalue weighted by molar-refractivity contribution is 6.34. The molecule has 2 saturated heterocycles. The second kappa shape index (κ2) is 7.10. The average Bonchev–Trinajstić information content (AvgIpc) is 2.95. The molecular formula is C18H20ClF3N2O2. The van der Waals surface area contributed by atoms with E-state index >= 15 is 0 Å². The van der Waals surface area contributed by atoms with Gasteiger partial charge in [0.05, 0.1) is 22.2 Å². The summed E-state index contributed by atoms with van der Waals surface area (Å²) in [4.78, 5) is 28.0. The third-order valence-corrected chi connectivity index (χ3v) is 5.33. The minimum atomic E-state index is -4.53. The quantitative estimate of drug-likeness (QED) is 0.769. The van der Waals surface area contributed by atoms with Gasteiger partial charge >= 0.3 is 6.18 Å². The lowest BCUT2D eigenvalue weighted by Crippen LogP contribution is -2.43. The maximum absolute atomic E-state index is 13.0. The fourth-order valence-electron chi connectivity index (χ4n) is 3.65. The summed E-state index contributed by atoms with van der Waals surface area (Å²) in [5, 5.41) is 0.0612. The Morgan fingerprint density at radius 1 is 1.27 bits per heavy atom. The monoisotopic (exact) mass is 388 g/mol. The third kappa shape index (κ3) is 3.82. The van der Waals surface area contributed by atoms with Crippen LogP contribution in [0.3, 0.4) is 0 Å². The van der Waals surface area contributed by atoms with Crippen molar-refractivity contribution in [2.24, 2.45) is 11.8 Å². The predicted molar refractivity (Wildman–Crippen MR) is 91.9 cm³/mol. The van der Waals surface area contributed by atoms with E-state index < -0.39 is 17.7 Å². The topological polar surface area (TPSA) is 40.6 Å². The van der Waals surface area contributed by atoms with Gasteiger partial charge in [-0.05, 0) is 37.0 Å². The highest BCUT2D eigenvalue weighted by Gasteiger charge is 2.39. The number of likely N-dealkylation sites (tertiary alicyclic amines) is 1. The molecule has 1 aromatic carbocycles. The standard InChI is InChI=1S/C18H20ClF3N2O2/c1-11-3-2-6-23(9-11)17(26)12-7-16(25)24(10-12)15-8-13(18(20,21)22)4-5-14(15)19/h4-5,8,11-12H,2-3,6-7,9-10H2,1H3. The highest BCUT2D eigenvalue weighted by atomic mass is 35.5. The van der Waals surface area contributed by atoms with Crippen LogP contribution < -0.4 is 4.90 Å². The molecule has 0 aromatic heterocycles. The zero-order valence-electron chi connectivity index (χ0n) is 14.4. The number of rotatable bonds is 2. The van der Waals surface area contributed by atoms with Crippen LogP contribution in [0.5, 0.6) is 0 Å². The van der Waals surface area contributed by atoms with Gasteiger partial charge in [-0.15, -0.1) is 0 Å². The van der Waals surface area contributed by atoms with E-state index in [4.69, 9.17) is 11.6 Å². The van der Waals surface area contributed by atoms with E-state index in [9.17, 15) is 22.8 Å². The molecule has 0 saturated carbocycles. The smallest absolute Gasteiger partial charge is 0.342 e. The number of hydrogen-bond acceptors (Lipinski definition) is 2. The van der Waals surface area contributed by atoms with Crippen molar-refractivity contribution in [1.29, 1.82) is 0 Å². The van der Waals surface area contributed by atoms with Gasteiger partial charge in [0.1, 0.15) is 0 Å². The lowest BCUT2D eigenvalue weighted by Gasteiger charge is -2.32. The molecule has 2 aliphatic heterocycles. The molecule has 2 amide bonds. The molecule has 2 unspecified atom stereocenters. The number of carbonyl (C=O) groups is 2. The van der Waals surface area contributed by atoms with Gasteiger partial charge < -0.3 is 9.80 Å². The average molecular weight is 389 g/mol. The van der Waals surface area contributed by atoms with E-state index in [1.165, 1.54) is 4.90 Å². The number of benzene rings is 1. The van der Waals surface area contributed by atoms with Gasteiger partial charge in [-0.1, -0.05) is 18.5 Å². The molecule has 3 rings (SSSR count). The first-order valence-corrected chi connectivity index (χ1v) is 9.00. The van der Waals surface area contributed by atoms with Crippen LogP contribution in [0.25, 0.3) is 0 Å². The van der Waals surface area contributed by atoms with E-state index in [1.807, 2.05) is 0 Å². The van der Waals surface area contributed by atoms with Crippen LogP contribution in [0.4, 0.5) is 18.9 Å². The molecule has 0 radical (unpaired) electrons. The van der Waals surface area contributed by atoms with Gasteiger partial charge in [0.25, 0.3) is 0 Å². The molecule has 142 valence electrons. The maximum Gasteiger partial charge on any atom is 0.416 e.